The maximum atomic E-state index is 12.8. The first-order valence-corrected chi connectivity index (χ1v) is 9.37. The third-order valence-corrected chi connectivity index (χ3v) is 5.11. The zero-order valence-corrected chi connectivity index (χ0v) is 15.9. The summed E-state index contributed by atoms with van der Waals surface area (Å²) in [6.07, 6.45) is 5.60. The largest absolute Gasteiger partial charge is 0.462 e. The molecule has 3 rings (SSSR count). The van der Waals surface area contributed by atoms with Gasteiger partial charge in [-0.2, -0.15) is 0 Å². The fourth-order valence-electron chi connectivity index (χ4n) is 3.64. The molecule has 8 nitrogen and oxygen atoms in total. The molecule has 0 spiro atoms. The Labute approximate surface area is 156 Å². The molecular weight excluding hydrogens is 350 g/mol. The van der Waals surface area contributed by atoms with E-state index in [0.29, 0.717) is 5.92 Å². The van der Waals surface area contributed by atoms with Crippen LogP contribution in [0.1, 0.15) is 55.6 Å². The lowest BCUT2D eigenvalue weighted by Crippen LogP contribution is -2.43. The monoisotopic (exact) mass is 375 g/mol. The summed E-state index contributed by atoms with van der Waals surface area (Å²) in [7, 11) is 0. The summed E-state index contributed by atoms with van der Waals surface area (Å²) in [5.74, 6) is -0.181. The molecule has 0 bridgehead atoms. The summed E-state index contributed by atoms with van der Waals surface area (Å²) in [4.78, 5) is 41.5. The third-order valence-electron chi connectivity index (χ3n) is 5.11. The normalized spacial score (nSPS) is 19.8. The van der Waals surface area contributed by atoms with E-state index in [1.54, 1.807) is 13.8 Å². The van der Waals surface area contributed by atoms with Gasteiger partial charge in [-0.25, -0.2) is 9.78 Å². The van der Waals surface area contributed by atoms with Gasteiger partial charge in [0.05, 0.1) is 6.61 Å². The lowest BCUT2D eigenvalue weighted by atomic mass is 9.86. The van der Waals surface area contributed by atoms with Crippen molar-refractivity contribution in [2.45, 2.75) is 59.0 Å². The number of hydrogen-bond donors (Lipinski definition) is 1. The number of aromatic nitrogens is 2. The van der Waals surface area contributed by atoms with Gasteiger partial charge in [-0.05, 0) is 32.6 Å². The number of aryl methyl sites for hydroxylation is 1. The first kappa shape index (κ1) is 19.1. The van der Waals surface area contributed by atoms with Crippen LogP contribution in [-0.4, -0.2) is 34.1 Å². The highest BCUT2D eigenvalue weighted by atomic mass is 16.5. The van der Waals surface area contributed by atoms with Gasteiger partial charge in [0.15, 0.2) is 0 Å². The maximum absolute atomic E-state index is 12.8. The SMILES string of the molecule is CCOC(=O)c1c(C)oc2ncn(CC(=O)N[C@@H]3CCCC[C@H]3C)c(=O)c12. The quantitative estimate of drug-likeness (QED) is 0.803. The summed E-state index contributed by atoms with van der Waals surface area (Å²) in [6.45, 7) is 5.42. The van der Waals surface area contributed by atoms with Crippen molar-refractivity contribution in [3.05, 3.63) is 28.0 Å². The van der Waals surface area contributed by atoms with Crippen LogP contribution in [0.15, 0.2) is 15.5 Å². The fraction of sp³-hybridized carbons (Fsp3) is 0.579. The zero-order chi connectivity index (χ0) is 19.6. The van der Waals surface area contributed by atoms with Crippen LogP contribution in [-0.2, 0) is 16.1 Å². The number of carbonyl (C=O) groups is 2. The Morgan fingerprint density at radius 2 is 2.11 bits per heavy atom. The van der Waals surface area contributed by atoms with E-state index in [0.717, 1.165) is 19.3 Å². The molecule has 0 radical (unpaired) electrons. The molecular formula is C19H25N3O5. The molecule has 1 aliphatic rings. The van der Waals surface area contributed by atoms with Gasteiger partial charge in [0.2, 0.25) is 11.6 Å². The van der Waals surface area contributed by atoms with Crippen LogP contribution in [0.2, 0.25) is 0 Å². The first-order valence-electron chi connectivity index (χ1n) is 9.37. The number of esters is 1. The maximum Gasteiger partial charge on any atom is 0.342 e. The Kier molecular flexibility index (Phi) is 5.62. The molecule has 1 saturated carbocycles. The van der Waals surface area contributed by atoms with E-state index in [2.05, 4.69) is 17.2 Å². The molecule has 1 fully saturated rings. The molecule has 0 aromatic carbocycles. The Balaban J connectivity index is 1.86. The second-order valence-electron chi connectivity index (χ2n) is 7.05. The second kappa shape index (κ2) is 7.94. The number of amides is 1. The van der Waals surface area contributed by atoms with Gasteiger partial charge in [0.25, 0.3) is 5.56 Å². The minimum absolute atomic E-state index is 0.0484. The molecule has 0 aliphatic heterocycles. The van der Waals surface area contributed by atoms with Gasteiger partial charge in [-0.15, -0.1) is 0 Å². The van der Waals surface area contributed by atoms with Crippen LogP contribution in [0.5, 0.6) is 0 Å². The van der Waals surface area contributed by atoms with E-state index >= 15 is 0 Å². The van der Waals surface area contributed by atoms with E-state index in [-0.39, 0.29) is 47.5 Å². The smallest absolute Gasteiger partial charge is 0.342 e. The summed E-state index contributed by atoms with van der Waals surface area (Å²) in [6, 6.07) is 0.130. The van der Waals surface area contributed by atoms with E-state index in [1.165, 1.54) is 17.3 Å². The van der Waals surface area contributed by atoms with Gasteiger partial charge in [-0.3, -0.25) is 14.2 Å². The number of nitrogens with one attached hydrogen (secondary N) is 1. The highest BCUT2D eigenvalue weighted by molar-refractivity contribution is 6.03. The lowest BCUT2D eigenvalue weighted by Gasteiger charge is -2.29. The molecule has 1 amide bonds. The Bertz CT molecular complexity index is 914. The van der Waals surface area contributed by atoms with Crippen molar-refractivity contribution in [2.75, 3.05) is 6.61 Å². The van der Waals surface area contributed by atoms with Gasteiger partial charge in [0.1, 0.15) is 29.6 Å². The molecule has 1 N–H and O–H groups in total. The Morgan fingerprint density at radius 3 is 2.81 bits per heavy atom. The minimum Gasteiger partial charge on any atom is -0.462 e. The first-order chi connectivity index (χ1) is 12.9. The summed E-state index contributed by atoms with van der Waals surface area (Å²) in [5, 5.41) is 3.06. The van der Waals surface area contributed by atoms with Crippen LogP contribution < -0.4 is 10.9 Å². The lowest BCUT2D eigenvalue weighted by molar-refractivity contribution is -0.123. The van der Waals surface area contributed by atoms with E-state index in [9.17, 15) is 14.4 Å². The third kappa shape index (κ3) is 3.89. The number of nitrogens with zero attached hydrogens (tertiary/aromatic N) is 2. The van der Waals surface area contributed by atoms with Crippen LogP contribution in [0, 0.1) is 12.8 Å². The number of furan rings is 1. The van der Waals surface area contributed by atoms with Gasteiger partial charge in [0, 0.05) is 6.04 Å². The van der Waals surface area contributed by atoms with Crippen molar-refractivity contribution in [1.82, 2.24) is 14.9 Å². The molecule has 2 aromatic heterocycles. The van der Waals surface area contributed by atoms with Gasteiger partial charge in [-0.1, -0.05) is 19.8 Å². The van der Waals surface area contributed by atoms with Crippen molar-refractivity contribution in [3.63, 3.8) is 0 Å². The topological polar surface area (TPSA) is 103 Å². The fourth-order valence-corrected chi connectivity index (χ4v) is 3.64. The molecule has 2 atom stereocenters. The van der Waals surface area contributed by atoms with Crippen molar-refractivity contribution < 1.29 is 18.7 Å². The molecule has 2 aromatic rings. The average molecular weight is 375 g/mol. The summed E-state index contributed by atoms with van der Waals surface area (Å²) >= 11 is 0. The van der Waals surface area contributed by atoms with Crippen LogP contribution in [0.4, 0.5) is 0 Å². The minimum atomic E-state index is -0.633. The van der Waals surface area contributed by atoms with E-state index in [4.69, 9.17) is 9.15 Å². The molecule has 1 aliphatic carbocycles. The van der Waals surface area contributed by atoms with Crippen molar-refractivity contribution >= 4 is 23.0 Å². The van der Waals surface area contributed by atoms with E-state index < -0.39 is 11.5 Å². The molecule has 27 heavy (non-hydrogen) atoms. The molecule has 2 heterocycles. The highest BCUT2D eigenvalue weighted by Gasteiger charge is 2.25. The zero-order valence-electron chi connectivity index (χ0n) is 15.9. The standard InChI is InChI=1S/C19H25N3O5/c1-4-26-19(25)15-12(3)27-17-16(15)18(24)22(10-20-17)9-14(23)21-13-8-6-5-7-11(13)2/h10-11,13H,4-9H2,1-3H3,(H,21,23)/t11-,13-/m1/s1. The number of ether oxygens (including phenoxy) is 1. The average Bonchev–Trinajstić information content (AvgIpc) is 2.96. The van der Waals surface area contributed by atoms with Crippen molar-refractivity contribution in [3.8, 4) is 0 Å². The number of carbonyl (C=O) groups excluding carboxylic acids is 2. The van der Waals surface area contributed by atoms with Crippen molar-refractivity contribution in [1.29, 1.82) is 0 Å². The van der Waals surface area contributed by atoms with E-state index in [1.807, 2.05) is 0 Å². The molecule has 0 saturated heterocycles. The number of fused-ring (bicyclic) bond motifs is 1. The predicted octanol–water partition coefficient (Wildman–Crippen LogP) is 2.17. The molecule has 0 unspecified atom stereocenters. The summed E-state index contributed by atoms with van der Waals surface area (Å²) < 4.78 is 11.6. The second-order valence-corrected chi connectivity index (χ2v) is 7.05. The molecule has 146 valence electrons. The van der Waals surface area contributed by atoms with Gasteiger partial charge >= 0.3 is 5.97 Å². The predicted molar refractivity (Wildman–Crippen MR) is 98.5 cm³/mol. The number of rotatable bonds is 5. The Morgan fingerprint density at radius 1 is 1.37 bits per heavy atom. The molecule has 8 heteroatoms. The van der Waals surface area contributed by atoms with Crippen LogP contribution in [0.25, 0.3) is 11.1 Å². The van der Waals surface area contributed by atoms with Crippen molar-refractivity contribution in [2.24, 2.45) is 5.92 Å². The summed E-state index contributed by atoms with van der Waals surface area (Å²) in [5.41, 5.74) is -0.357. The Hall–Kier alpha value is -2.64. The highest BCUT2D eigenvalue weighted by Crippen LogP contribution is 2.24. The van der Waals surface area contributed by atoms with Crippen LogP contribution in [0.3, 0.4) is 0 Å². The van der Waals surface area contributed by atoms with Gasteiger partial charge < -0.3 is 14.5 Å². The van der Waals surface area contributed by atoms with Crippen LogP contribution >= 0.6 is 0 Å². The number of hydrogen-bond acceptors (Lipinski definition) is 6.